The lowest BCUT2D eigenvalue weighted by Gasteiger charge is -2.29. The Balaban J connectivity index is 1.54. The minimum Gasteiger partial charge on any atom is -0.481 e. The van der Waals surface area contributed by atoms with Gasteiger partial charge in [-0.15, -0.1) is 0 Å². The summed E-state index contributed by atoms with van der Waals surface area (Å²) >= 11 is 0. The molecule has 1 N–H and O–H groups in total. The molecule has 1 aliphatic rings. The highest BCUT2D eigenvalue weighted by Gasteiger charge is 2.27. The lowest BCUT2D eigenvalue weighted by molar-refractivity contribution is -0.143. The predicted molar refractivity (Wildman–Crippen MR) is 159 cm³/mol. The molecular formula is C33H49N3O4. The number of ether oxygens (including phenoxy) is 1. The molecule has 0 bridgehead atoms. The molecule has 1 unspecified atom stereocenters. The number of piperidine rings is 1. The van der Waals surface area contributed by atoms with Crippen molar-refractivity contribution in [2.75, 3.05) is 19.7 Å². The van der Waals surface area contributed by atoms with Crippen LogP contribution in [-0.2, 0) is 16.0 Å². The largest absolute Gasteiger partial charge is 0.481 e. The van der Waals surface area contributed by atoms with Gasteiger partial charge in [0.25, 0.3) is 0 Å². The number of aliphatic carboxylic acids is 1. The molecule has 0 spiro atoms. The minimum atomic E-state index is -0.776. The van der Waals surface area contributed by atoms with Crippen LogP contribution in [-0.4, -0.2) is 51.7 Å². The molecule has 7 heteroatoms. The number of amides is 1. The molecule has 1 atom stereocenters. The zero-order valence-corrected chi connectivity index (χ0v) is 24.7. The number of hydrogen-bond acceptors (Lipinski definition) is 5. The Hall–Kier alpha value is -2.96. The summed E-state index contributed by atoms with van der Waals surface area (Å²) in [6.45, 7) is 5.73. The molecule has 2 aromatic rings. The highest BCUT2D eigenvalue weighted by atomic mass is 16.6. The van der Waals surface area contributed by atoms with Gasteiger partial charge < -0.3 is 14.7 Å². The van der Waals surface area contributed by atoms with E-state index in [2.05, 4.69) is 38.1 Å². The summed E-state index contributed by atoms with van der Waals surface area (Å²) in [6, 6.07) is 8.57. The molecule has 3 rings (SSSR count). The summed E-state index contributed by atoms with van der Waals surface area (Å²) in [5.74, 6) is 0.157. The van der Waals surface area contributed by atoms with Crippen LogP contribution in [0.25, 0.3) is 11.1 Å². The number of nitrogens with zero attached hydrogens (tertiary/aromatic N) is 3. The summed E-state index contributed by atoms with van der Waals surface area (Å²) in [6.07, 6.45) is 18.2. The second-order valence-electron chi connectivity index (χ2n) is 11.2. The van der Waals surface area contributed by atoms with Gasteiger partial charge in [0.15, 0.2) is 0 Å². The van der Waals surface area contributed by atoms with E-state index in [0.717, 1.165) is 56.3 Å². The third-order valence-corrected chi connectivity index (χ3v) is 8.10. The van der Waals surface area contributed by atoms with Gasteiger partial charge in [0, 0.05) is 37.5 Å². The fourth-order valence-electron chi connectivity index (χ4n) is 5.60. The molecule has 1 aromatic heterocycles. The van der Waals surface area contributed by atoms with Crippen molar-refractivity contribution in [2.45, 2.75) is 110 Å². The minimum absolute atomic E-state index is 0.326. The molecule has 7 nitrogen and oxygen atoms in total. The summed E-state index contributed by atoms with van der Waals surface area (Å²) in [7, 11) is 0. The first-order chi connectivity index (χ1) is 19.5. The van der Waals surface area contributed by atoms with Gasteiger partial charge >= 0.3 is 12.1 Å². The first-order valence-corrected chi connectivity index (χ1v) is 15.6. The Bertz CT molecular complexity index is 1020. The molecule has 0 aliphatic carbocycles. The maximum absolute atomic E-state index is 12.5. The molecule has 40 heavy (non-hydrogen) atoms. The van der Waals surface area contributed by atoms with Gasteiger partial charge in [-0.05, 0) is 55.6 Å². The van der Waals surface area contributed by atoms with Crippen LogP contribution in [0.1, 0.15) is 115 Å². The summed E-state index contributed by atoms with van der Waals surface area (Å²) < 4.78 is 5.58. The molecule has 0 radical (unpaired) electrons. The number of carboxylic acids is 1. The second-order valence-corrected chi connectivity index (χ2v) is 11.2. The fraction of sp³-hybridized carbons (Fsp3) is 0.636. The van der Waals surface area contributed by atoms with E-state index in [1.807, 2.05) is 12.4 Å². The van der Waals surface area contributed by atoms with E-state index in [1.165, 1.54) is 43.2 Å². The highest BCUT2D eigenvalue weighted by molar-refractivity contribution is 5.71. The third kappa shape index (κ3) is 10.2. The zero-order valence-electron chi connectivity index (χ0n) is 24.7. The van der Waals surface area contributed by atoms with E-state index in [0.29, 0.717) is 38.5 Å². The third-order valence-electron chi connectivity index (χ3n) is 8.10. The summed E-state index contributed by atoms with van der Waals surface area (Å²) in [5.41, 5.74) is 3.55. The first-order valence-electron chi connectivity index (χ1n) is 15.6. The van der Waals surface area contributed by atoms with E-state index in [-0.39, 0.29) is 12.0 Å². The molecule has 0 saturated carbocycles. The first kappa shape index (κ1) is 31.6. The number of hydrogen-bond donors (Lipinski definition) is 1. The van der Waals surface area contributed by atoms with Crippen molar-refractivity contribution >= 4 is 12.1 Å². The molecular weight excluding hydrogens is 502 g/mol. The molecule has 220 valence electrons. The van der Waals surface area contributed by atoms with Gasteiger partial charge in [0.2, 0.25) is 0 Å². The quantitative estimate of drug-likeness (QED) is 0.200. The SMILES string of the molecule is CCCCCCCCc1ncc(-c2ccccc2C(CCCC)CCCOC(=O)N2CCC(C(=O)O)CC2)cn1. The van der Waals surface area contributed by atoms with Crippen molar-refractivity contribution in [2.24, 2.45) is 5.92 Å². The number of likely N-dealkylation sites (tertiary alicyclic amines) is 1. The highest BCUT2D eigenvalue weighted by Crippen LogP contribution is 2.34. The fourth-order valence-corrected chi connectivity index (χ4v) is 5.60. The van der Waals surface area contributed by atoms with E-state index in [1.54, 1.807) is 4.90 Å². The van der Waals surface area contributed by atoms with Gasteiger partial charge in [0.05, 0.1) is 12.5 Å². The molecule has 1 fully saturated rings. The number of carboxylic acid groups (broad SMARTS) is 1. The standard InChI is InChI=1S/C33H49N3O4/c1-3-5-7-8-9-10-18-31-34-24-28(25-35-31)30-17-12-11-16-29(30)26(14-6-4-2)15-13-23-40-33(39)36-21-19-27(20-22-36)32(37)38/h11-12,16-17,24-27H,3-10,13-15,18-23H2,1-2H3,(H,37,38). The normalized spacial score (nSPS) is 14.7. The number of unbranched alkanes of at least 4 members (excludes halogenated alkanes) is 6. The van der Waals surface area contributed by atoms with E-state index >= 15 is 0 Å². The van der Waals surface area contributed by atoms with Crippen LogP contribution in [0.4, 0.5) is 4.79 Å². The van der Waals surface area contributed by atoms with E-state index in [9.17, 15) is 9.59 Å². The predicted octanol–water partition coefficient (Wildman–Crippen LogP) is 8.03. The van der Waals surface area contributed by atoms with Gasteiger partial charge in [-0.25, -0.2) is 14.8 Å². The Labute approximate surface area is 240 Å². The number of carbonyl (C=O) groups is 2. The van der Waals surface area contributed by atoms with Crippen LogP contribution in [0.15, 0.2) is 36.7 Å². The topological polar surface area (TPSA) is 92.6 Å². The van der Waals surface area contributed by atoms with Crippen molar-refractivity contribution in [3.05, 3.63) is 48.0 Å². The Kier molecular flexibility index (Phi) is 13.9. The Morgan fingerprint density at radius 3 is 2.27 bits per heavy atom. The maximum Gasteiger partial charge on any atom is 0.409 e. The average molecular weight is 552 g/mol. The van der Waals surface area contributed by atoms with E-state index in [4.69, 9.17) is 19.8 Å². The maximum atomic E-state index is 12.5. The van der Waals surface area contributed by atoms with E-state index < -0.39 is 5.97 Å². The van der Waals surface area contributed by atoms with Gasteiger partial charge in [-0.1, -0.05) is 83.1 Å². The second kappa shape index (κ2) is 17.7. The molecule has 1 aliphatic heterocycles. The van der Waals surface area contributed by atoms with Crippen molar-refractivity contribution in [1.29, 1.82) is 0 Å². The van der Waals surface area contributed by atoms with Crippen molar-refractivity contribution in [3.8, 4) is 11.1 Å². The summed E-state index contributed by atoms with van der Waals surface area (Å²) in [4.78, 5) is 34.7. The number of benzene rings is 1. The van der Waals surface area contributed by atoms with Gasteiger partial charge in [0.1, 0.15) is 5.82 Å². The molecule has 2 heterocycles. The average Bonchev–Trinajstić information content (AvgIpc) is 2.99. The zero-order chi connectivity index (χ0) is 28.6. The van der Waals surface area contributed by atoms with Crippen molar-refractivity contribution in [1.82, 2.24) is 14.9 Å². The van der Waals surface area contributed by atoms with Crippen molar-refractivity contribution < 1.29 is 19.4 Å². The number of aromatic nitrogens is 2. The van der Waals surface area contributed by atoms with Crippen LogP contribution < -0.4 is 0 Å². The molecule has 1 saturated heterocycles. The monoisotopic (exact) mass is 551 g/mol. The van der Waals surface area contributed by atoms with Crippen LogP contribution in [0.2, 0.25) is 0 Å². The van der Waals surface area contributed by atoms with Gasteiger partial charge in [-0.2, -0.15) is 0 Å². The smallest absolute Gasteiger partial charge is 0.409 e. The van der Waals surface area contributed by atoms with Crippen LogP contribution in [0.5, 0.6) is 0 Å². The molecule has 1 aromatic carbocycles. The lowest BCUT2D eigenvalue weighted by atomic mass is 9.85. The van der Waals surface area contributed by atoms with Gasteiger partial charge in [-0.3, -0.25) is 4.79 Å². The lowest BCUT2D eigenvalue weighted by Crippen LogP contribution is -2.40. The van der Waals surface area contributed by atoms with Crippen LogP contribution in [0, 0.1) is 5.92 Å². The summed E-state index contributed by atoms with van der Waals surface area (Å²) in [5, 5.41) is 9.17. The number of rotatable bonds is 17. The number of aryl methyl sites for hydroxylation is 1. The van der Waals surface area contributed by atoms with Crippen molar-refractivity contribution in [3.63, 3.8) is 0 Å². The van der Waals surface area contributed by atoms with Crippen LogP contribution in [0.3, 0.4) is 0 Å². The Morgan fingerprint density at radius 1 is 0.925 bits per heavy atom. The number of carbonyl (C=O) groups excluding carboxylic acids is 1. The molecule has 1 amide bonds. The van der Waals surface area contributed by atoms with Crippen LogP contribution >= 0.6 is 0 Å². The Morgan fingerprint density at radius 2 is 1.57 bits per heavy atom.